The minimum Gasteiger partial charge on any atom is -0.342 e. The van der Waals surface area contributed by atoms with Gasteiger partial charge in [0.15, 0.2) is 5.78 Å². The molecule has 1 aliphatic rings. The molecule has 29 heavy (non-hydrogen) atoms. The molecular weight excluding hydrogens is 371 g/mol. The van der Waals surface area contributed by atoms with Gasteiger partial charge in [-0.05, 0) is 37.1 Å². The van der Waals surface area contributed by atoms with E-state index in [4.69, 9.17) is 0 Å². The number of hydrogen-bond acceptors (Lipinski definition) is 5. The Balaban J connectivity index is 1.54. The molecule has 0 radical (unpaired) electrons. The van der Waals surface area contributed by atoms with Gasteiger partial charge in [0, 0.05) is 50.1 Å². The van der Waals surface area contributed by atoms with E-state index in [0.29, 0.717) is 37.6 Å². The van der Waals surface area contributed by atoms with Crippen LogP contribution in [-0.4, -0.2) is 33.4 Å². The molecule has 0 N–H and O–H groups in total. The maximum absolute atomic E-state index is 14.0. The smallest absolute Gasteiger partial charge is 0.255 e. The highest BCUT2D eigenvalue weighted by Gasteiger charge is 2.28. The predicted octanol–water partition coefficient (Wildman–Crippen LogP) is 3.08. The first kappa shape index (κ1) is 19.0. The summed E-state index contributed by atoms with van der Waals surface area (Å²) in [6.07, 6.45) is 4.49. The van der Waals surface area contributed by atoms with Crippen molar-refractivity contribution >= 4 is 11.7 Å². The molecule has 1 aromatic carbocycles. The molecule has 1 fully saturated rings. The average molecular weight is 392 g/mol. The number of Topliss-reactive ketones (excluding diaryl/α,β-unsaturated/α-hetero) is 1. The summed E-state index contributed by atoms with van der Waals surface area (Å²) in [4.78, 5) is 35.8. The van der Waals surface area contributed by atoms with Crippen LogP contribution in [0, 0.1) is 11.7 Å². The zero-order valence-electron chi connectivity index (χ0n) is 16.1. The van der Waals surface area contributed by atoms with Crippen LogP contribution in [0.2, 0.25) is 0 Å². The summed E-state index contributed by atoms with van der Waals surface area (Å²) in [5.41, 5.74) is 1.42. The van der Waals surface area contributed by atoms with Gasteiger partial charge in [-0.15, -0.1) is 0 Å². The fraction of sp³-hybridized carbons (Fsp3) is 0.273. The molecule has 1 saturated heterocycles. The Kier molecular flexibility index (Phi) is 5.20. The first-order valence-corrected chi connectivity index (χ1v) is 9.57. The fourth-order valence-electron chi connectivity index (χ4n) is 3.70. The number of aromatic nitrogens is 3. The van der Waals surface area contributed by atoms with Crippen molar-refractivity contribution in [1.29, 1.82) is 0 Å². The van der Waals surface area contributed by atoms with Crippen molar-refractivity contribution in [2.24, 2.45) is 13.0 Å². The highest BCUT2D eigenvalue weighted by molar-refractivity contribution is 5.98. The van der Waals surface area contributed by atoms with Gasteiger partial charge in [0.2, 0.25) is 5.95 Å². The van der Waals surface area contributed by atoms with E-state index in [9.17, 15) is 14.0 Å². The molecular formula is C22H21FN4O2. The number of benzene rings is 1. The van der Waals surface area contributed by atoms with Crippen molar-refractivity contribution < 1.29 is 9.18 Å². The number of carbonyl (C=O) groups excluding carboxylic acids is 1. The van der Waals surface area contributed by atoms with Crippen molar-refractivity contribution in [2.45, 2.75) is 12.8 Å². The number of piperidine rings is 1. The summed E-state index contributed by atoms with van der Waals surface area (Å²) in [7, 11) is 1.69. The van der Waals surface area contributed by atoms with Crippen LogP contribution in [0.5, 0.6) is 0 Å². The summed E-state index contributed by atoms with van der Waals surface area (Å²) in [6.45, 7) is 1.15. The predicted molar refractivity (Wildman–Crippen MR) is 108 cm³/mol. The van der Waals surface area contributed by atoms with E-state index in [1.165, 1.54) is 22.8 Å². The summed E-state index contributed by atoms with van der Waals surface area (Å²) in [5, 5.41) is 0. The zero-order valence-corrected chi connectivity index (χ0v) is 16.1. The van der Waals surface area contributed by atoms with E-state index in [0.717, 1.165) is 5.56 Å². The lowest BCUT2D eigenvalue weighted by molar-refractivity contribution is 0.0896. The molecule has 3 heterocycles. The van der Waals surface area contributed by atoms with E-state index in [1.54, 1.807) is 31.6 Å². The maximum atomic E-state index is 14.0. The third kappa shape index (κ3) is 3.81. The minimum absolute atomic E-state index is 0.147. The molecule has 0 amide bonds. The standard InChI is InChI=1S/C22H21FN4O2/c1-26-20(28)14-19(15-6-10-24-11-7-15)25-22(26)27-12-8-16(9-13-27)21(29)17-4-2-3-5-18(17)23/h2-7,10-11,14,16H,8-9,12-13H2,1H3. The second kappa shape index (κ2) is 7.95. The number of anilines is 1. The summed E-state index contributed by atoms with van der Waals surface area (Å²) < 4.78 is 15.5. The number of carbonyl (C=O) groups is 1. The molecule has 3 aromatic rings. The number of rotatable bonds is 4. The quantitative estimate of drug-likeness (QED) is 0.639. The van der Waals surface area contributed by atoms with E-state index in [-0.39, 0.29) is 22.8 Å². The van der Waals surface area contributed by atoms with Gasteiger partial charge in [0.05, 0.1) is 11.3 Å². The zero-order chi connectivity index (χ0) is 20.4. The Bertz CT molecular complexity index is 1090. The maximum Gasteiger partial charge on any atom is 0.255 e. The van der Waals surface area contributed by atoms with Crippen LogP contribution < -0.4 is 10.5 Å². The Labute approximate surface area is 167 Å². The summed E-state index contributed by atoms with van der Waals surface area (Å²) in [5.74, 6) is -0.297. The summed E-state index contributed by atoms with van der Waals surface area (Å²) in [6, 6.07) is 11.2. The van der Waals surface area contributed by atoms with Gasteiger partial charge in [0.1, 0.15) is 5.82 Å². The SMILES string of the molecule is Cn1c(N2CCC(C(=O)c3ccccc3F)CC2)nc(-c2ccncc2)cc1=O. The number of ketones is 1. The van der Waals surface area contributed by atoms with Crippen LogP contribution in [-0.2, 0) is 7.05 Å². The second-order valence-corrected chi connectivity index (χ2v) is 7.18. The first-order valence-electron chi connectivity index (χ1n) is 9.57. The van der Waals surface area contributed by atoms with Crippen molar-refractivity contribution in [3.05, 3.63) is 76.6 Å². The monoisotopic (exact) mass is 392 g/mol. The second-order valence-electron chi connectivity index (χ2n) is 7.18. The third-order valence-corrected chi connectivity index (χ3v) is 5.38. The van der Waals surface area contributed by atoms with Crippen molar-refractivity contribution in [3.8, 4) is 11.3 Å². The molecule has 6 nitrogen and oxygen atoms in total. The normalized spacial score (nSPS) is 14.8. The van der Waals surface area contributed by atoms with Gasteiger partial charge in [-0.2, -0.15) is 0 Å². The lowest BCUT2D eigenvalue weighted by atomic mass is 9.89. The molecule has 0 saturated carbocycles. The third-order valence-electron chi connectivity index (χ3n) is 5.38. The Morgan fingerprint density at radius 2 is 1.79 bits per heavy atom. The lowest BCUT2D eigenvalue weighted by Crippen LogP contribution is -2.40. The van der Waals surface area contributed by atoms with Gasteiger partial charge < -0.3 is 4.90 Å². The molecule has 0 spiro atoms. The highest BCUT2D eigenvalue weighted by atomic mass is 19.1. The number of nitrogens with zero attached hydrogens (tertiary/aromatic N) is 4. The number of hydrogen-bond donors (Lipinski definition) is 0. The Morgan fingerprint density at radius 1 is 1.10 bits per heavy atom. The van der Waals surface area contributed by atoms with E-state index >= 15 is 0 Å². The van der Waals surface area contributed by atoms with Crippen molar-refractivity contribution in [2.75, 3.05) is 18.0 Å². The van der Waals surface area contributed by atoms with E-state index in [2.05, 4.69) is 9.97 Å². The van der Waals surface area contributed by atoms with Gasteiger partial charge in [0.25, 0.3) is 5.56 Å². The number of pyridine rings is 1. The van der Waals surface area contributed by atoms with Crippen LogP contribution in [0.25, 0.3) is 11.3 Å². The molecule has 1 aliphatic heterocycles. The minimum atomic E-state index is -0.478. The van der Waals surface area contributed by atoms with Gasteiger partial charge in [-0.1, -0.05) is 12.1 Å². The molecule has 0 atom stereocenters. The topological polar surface area (TPSA) is 68.1 Å². The molecule has 4 rings (SSSR count). The van der Waals surface area contributed by atoms with Crippen LogP contribution in [0.4, 0.5) is 10.3 Å². The van der Waals surface area contributed by atoms with E-state index < -0.39 is 5.82 Å². The Morgan fingerprint density at radius 3 is 2.48 bits per heavy atom. The molecule has 0 bridgehead atoms. The van der Waals surface area contributed by atoms with Crippen molar-refractivity contribution in [3.63, 3.8) is 0 Å². The van der Waals surface area contributed by atoms with Gasteiger partial charge in [-0.25, -0.2) is 9.37 Å². The molecule has 2 aromatic heterocycles. The number of halogens is 1. The molecule has 148 valence electrons. The first-order chi connectivity index (χ1) is 14.0. The highest BCUT2D eigenvalue weighted by Crippen LogP contribution is 2.26. The largest absolute Gasteiger partial charge is 0.342 e. The molecule has 0 unspecified atom stereocenters. The average Bonchev–Trinajstić information content (AvgIpc) is 2.76. The Hall–Kier alpha value is -3.35. The molecule has 0 aliphatic carbocycles. The van der Waals surface area contributed by atoms with Gasteiger partial charge >= 0.3 is 0 Å². The summed E-state index contributed by atoms with van der Waals surface area (Å²) >= 11 is 0. The van der Waals surface area contributed by atoms with Crippen LogP contribution in [0.15, 0.2) is 59.7 Å². The molecule has 7 heteroatoms. The van der Waals surface area contributed by atoms with E-state index in [1.807, 2.05) is 17.0 Å². The van der Waals surface area contributed by atoms with Crippen LogP contribution in [0.3, 0.4) is 0 Å². The lowest BCUT2D eigenvalue weighted by Gasteiger charge is -2.33. The van der Waals surface area contributed by atoms with Gasteiger partial charge in [-0.3, -0.25) is 19.1 Å². The van der Waals surface area contributed by atoms with Crippen molar-refractivity contribution in [1.82, 2.24) is 14.5 Å². The fourth-order valence-corrected chi connectivity index (χ4v) is 3.70. The van der Waals surface area contributed by atoms with Crippen LogP contribution >= 0.6 is 0 Å². The van der Waals surface area contributed by atoms with Crippen LogP contribution in [0.1, 0.15) is 23.2 Å².